The first-order valence-electron chi connectivity index (χ1n) is 3.24. The Balaban J connectivity index is 2.31. The second-order valence-corrected chi connectivity index (χ2v) is 2.07. The van der Waals surface area contributed by atoms with E-state index in [4.69, 9.17) is 4.74 Å². The minimum Gasteiger partial charge on any atom is -0.464 e. The highest BCUT2D eigenvalue weighted by atomic mass is 16.5. The highest BCUT2D eigenvalue weighted by Crippen LogP contribution is 2.04. The molecule has 9 heavy (non-hydrogen) atoms. The molecule has 1 atom stereocenters. The average Bonchev–Trinajstić information content (AvgIpc) is 2.18. The molecule has 0 radical (unpaired) electrons. The van der Waals surface area contributed by atoms with Gasteiger partial charge in [0, 0.05) is 6.42 Å². The van der Waals surface area contributed by atoms with Gasteiger partial charge in [-0.25, -0.2) is 0 Å². The summed E-state index contributed by atoms with van der Waals surface area (Å²) < 4.78 is 4.72. The first-order chi connectivity index (χ1) is 4.34. The highest BCUT2D eigenvalue weighted by molar-refractivity contribution is 5.77. The van der Waals surface area contributed by atoms with Crippen LogP contribution >= 0.6 is 0 Å². The lowest BCUT2D eigenvalue weighted by Crippen LogP contribution is -2.32. The molecule has 1 aliphatic heterocycles. The van der Waals surface area contributed by atoms with E-state index in [0.717, 1.165) is 13.0 Å². The van der Waals surface area contributed by atoms with E-state index in [1.165, 1.54) is 0 Å². The van der Waals surface area contributed by atoms with Crippen LogP contribution in [0.25, 0.3) is 0 Å². The molecule has 0 amide bonds. The van der Waals surface area contributed by atoms with Crippen LogP contribution in [0.1, 0.15) is 13.3 Å². The Labute approximate surface area is 54.4 Å². The molecule has 1 aliphatic rings. The molecule has 0 saturated carbocycles. The summed E-state index contributed by atoms with van der Waals surface area (Å²) in [6, 6.07) is -0.0324. The molecule has 0 aromatic heterocycles. The zero-order chi connectivity index (χ0) is 6.69. The lowest BCUT2D eigenvalue weighted by atomic mass is 10.2. The maximum Gasteiger partial charge on any atom is 0.323 e. The molecule has 0 bridgehead atoms. The van der Waals surface area contributed by atoms with Crippen LogP contribution in [-0.4, -0.2) is 25.2 Å². The molecule has 52 valence electrons. The van der Waals surface area contributed by atoms with Gasteiger partial charge in [-0.15, -0.1) is 0 Å². The second kappa shape index (κ2) is 2.82. The Kier molecular flexibility index (Phi) is 2.05. The monoisotopic (exact) mass is 129 g/mol. The van der Waals surface area contributed by atoms with Crippen LogP contribution in [0.3, 0.4) is 0 Å². The summed E-state index contributed by atoms with van der Waals surface area (Å²) >= 11 is 0. The number of ether oxygens (including phenoxy) is 1. The Morgan fingerprint density at radius 2 is 2.67 bits per heavy atom. The van der Waals surface area contributed by atoms with Crippen molar-refractivity contribution in [1.82, 2.24) is 5.32 Å². The van der Waals surface area contributed by atoms with Gasteiger partial charge in [0.15, 0.2) is 0 Å². The van der Waals surface area contributed by atoms with Crippen molar-refractivity contribution in [1.29, 1.82) is 0 Å². The maximum atomic E-state index is 10.7. The first kappa shape index (κ1) is 6.55. The van der Waals surface area contributed by atoms with Crippen molar-refractivity contribution in [2.45, 2.75) is 19.4 Å². The molecule has 3 nitrogen and oxygen atoms in total. The number of rotatable bonds is 2. The van der Waals surface area contributed by atoms with Gasteiger partial charge in [-0.3, -0.25) is 4.79 Å². The van der Waals surface area contributed by atoms with E-state index in [0.29, 0.717) is 6.61 Å². The molecule has 0 aliphatic carbocycles. The number of carbonyl (C=O) groups excluding carboxylic acids is 1. The maximum absolute atomic E-state index is 10.7. The lowest BCUT2D eigenvalue weighted by Gasteiger charge is -2.03. The van der Waals surface area contributed by atoms with Crippen LogP contribution in [0.15, 0.2) is 0 Å². The summed E-state index contributed by atoms with van der Waals surface area (Å²) in [7, 11) is 0. The smallest absolute Gasteiger partial charge is 0.323 e. The van der Waals surface area contributed by atoms with Gasteiger partial charge >= 0.3 is 5.97 Å². The molecule has 0 aromatic carbocycles. The highest BCUT2D eigenvalue weighted by Gasteiger charge is 2.24. The minimum absolute atomic E-state index is 0.0324. The molecule has 1 saturated heterocycles. The number of cyclic esters (lactones) is 1. The second-order valence-electron chi connectivity index (χ2n) is 2.07. The van der Waals surface area contributed by atoms with Crippen molar-refractivity contribution >= 4 is 5.97 Å². The van der Waals surface area contributed by atoms with Crippen LogP contribution in [0.4, 0.5) is 0 Å². The molecular formula is C6H11NO2. The topological polar surface area (TPSA) is 38.3 Å². The standard InChI is InChI=1S/C6H11NO2/c1-2-7-5-3-4-9-6(5)8/h5,7H,2-4H2,1H3. The number of carbonyl (C=O) groups is 1. The van der Waals surface area contributed by atoms with Gasteiger partial charge in [0.1, 0.15) is 6.04 Å². The molecule has 0 aromatic rings. The summed E-state index contributed by atoms with van der Waals surface area (Å²) in [4.78, 5) is 10.7. The molecule has 1 fully saturated rings. The molecule has 3 heteroatoms. The fourth-order valence-electron chi connectivity index (χ4n) is 0.928. The van der Waals surface area contributed by atoms with Crippen LogP contribution in [0.2, 0.25) is 0 Å². The van der Waals surface area contributed by atoms with Crippen molar-refractivity contribution in [3.63, 3.8) is 0 Å². The zero-order valence-corrected chi connectivity index (χ0v) is 5.52. The van der Waals surface area contributed by atoms with Gasteiger partial charge in [-0.05, 0) is 6.54 Å². The average molecular weight is 129 g/mol. The van der Waals surface area contributed by atoms with Gasteiger partial charge in [-0.2, -0.15) is 0 Å². The molecule has 1 unspecified atom stereocenters. The quantitative estimate of drug-likeness (QED) is 0.529. The Bertz CT molecular complexity index is 114. The summed E-state index contributed by atoms with van der Waals surface area (Å²) in [6.45, 7) is 3.39. The minimum atomic E-state index is -0.100. The number of nitrogens with one attached hydrogen (secondary N) is 1. The van der Waals surface area contributed by atoms with Crippen molar-refractivity contribution in [3.05, 3.63) is 0 Å². The molecule has 0 spiro atoms. The molecular weight excluding hydrogens is 118 g/mol. The normalized spacial score (nSPS) is 26.3. The van der Waals surface area contributed by atoms with Gasteiger partial charge in [0.05, 0.1) is 6.61 Å². The van der Waals surface area contributed by atoms with E-state index in [1.807, 2.05) is 6.92 Å². The fraction of sp³-hybridized carbons (Fsp3) is 0.833. The van der Waals surface area contributed by atoms with Gasteiger partial charge in [0.25, 0.3) is 0 Å². The number of hydrogen-bond donors (Lipinski definition) is 1. The third kappa shape index (κ3) is 1.42. The van der Waals surface area contributed by atoms with Crippen molar-refractivity contribution in [2.24, 2.45) is 0 Å². The van der Waals surface area contributed by atoms with Crippen molar-refractivity contribution in [2.75, 3.05) is 13.2 Å². The number of esters is 1. The predicted molar refractivity (Wildman–Crippen MR) is 33.0 cm³/mol. The van der Waals surface area contributed by atoms with E-state index in [1.54, 1.807) is 0 Å². The van der Waals surface area contributed by atoms with Crippen LogP contribution < -0.4 is 5.32 Å². The largest absolute Gasteiger partial charge is 0.464 e. The van der Waals surface area contributed by atoms with E-state index >= 15 is 0 Å². The SMILES string of the molecule is CCNC1CCOC1=O. The fourth-order valence-corrected chi connectivity index (χ4v) is 0.928. The van der Waals surface area contributed by atoms with E-state index < -0.39 is 0 Å². The third-order valence-corrected chi connectivity index (χ3v) is 1.39. The lowest BCUT2D eigenvalue weighted by molar-refractivity contribution is -0.139. The van der Waals surface area contributed by atoms with Crippen molar-refractivity contribution < 1.29 is 9.53 Å². The summed E-state index contributed by atoms with van der Waals surface area (Å²) in [5, 5.41) is 3.02. The number of likely N-dealkylation sites (N-methyl/N-ethyl adjacent to an activating group) is 1. The van der Waals surface area contributed by atoms with E-state index in [-0.39, 0.29) is 12.0 Å². The molecule has 1 rings (SSSR count). The molecule has 1 N–H and O–H groups in total. The first-order valence-corrected chi connectivity index (χ1v) is 3.24. The van der Waals surface area contributed by atoms with Crippen molar-refractivity contribution in [3.8, 4) is 0 Å². The number of hydrogen-bond acceptors (Lipinski definition) is 3. The Morgan fingerprint density at radius 3 is 3.11 bits per heavy atom. The van der Waals surface area contributed by atoms with Gasteiger partial charge in [0.2, 0.25) is 0 Å². The van der Waals surface area contributed by atoms with E-state index in [9.17, 15) is 4.79 Å². The van der Waals surface area contributed by atoms with Crippen LogP contribution in [0.5, 0.6) is 0 Å². The summed E-state index contributed by atoms with van der Waals surface area (Å²) in [5.74, 6) is -0.100. The summed E-state index contributed by atoms with van der Waals surface area (Å²) in [5.41, 5.74) is 0. The predicted octanol–water partition coefficient (Wildman–Crippen LogP) is -0.0886. The van der Waals surface area contributed by atoms with E-state index in [2.05, 4.69) is 5.32 Å². The van der Waals surface area contributed by atoms with Crippen LogP contribution in [0, 0.1) is 0 Å². The Hall–Kier alpha value is -0.570. The third-order valence-electron chi connectivity index (χ3n) is 1.39. The van der Waals surface area contributed by atoms with Gasteiger partial charge in [-0.1, -0.05) is 6.92 Å². The zero-order valence-electron chi connectivity index (χ0n) is 5.52. The van der Waals surface area contributed by atoms with Crippen LogP contribution in [-0.2, 0) is 9.53 Å². The Morgan fingerprint density at radius 1 is 1.89 bits per heavy atom. The summed E-state index contributed by atoms with van der Waals surface area (Å²) in [6.07, 6.45) is 0.826. The molecule has 1 heterocycles. The van der Waals surface area contributed by atoms with Gasteiger partial charge < -0.3 is 10.1 Å².